The minimum atomic E-state index is -0.381. The van der Waals surface area contributed by atoms with Gasteiger partial charge in [0.25, 0.3) is 0 Å². The van der Waals surface area contributed by atoms with Crippen molar-refractivity contribution >= 4 is 30.1 Å². The summed E-state index contributed by atoms with van der Waals surface area (Å²) in [5, 5.41) is 10.3. The molecule has 1 aliphatic rings. The molecule has 2 aromatic rings. The number of carbonyl (C=O) groups excluding carboxylic acids is 2. The standard InChI is InChI=1S/C21H23N3O4.ClH/c1-27-19(25)11-16-10-17(24-21(16)26)12-28-18-8-6-14(7-9-18)13-2-4-15(5-3-13)20(22)23;/h2-9,16-17H,10-12H2,1H3,(H3,22,23)(H,24,26);1H/t16-,17+;/m0./s1. The van der Waals surface area contributed by atoms with Crippen LogP contribution in [-0.4, -0.2) is 37.5 Å². The van der Waals surface area contributed by atoms with Crippen LogP contribution in [0.3, 0.4) is 0 Å². The zero-order chi connectivity index (χ0) is 20.1. The highest BCUT2D eigenvalue weighted by atomic mass is 35.5. The lowest BCUT2D eigenvalue weighted by Gasteiger charge is -2.12. The molecule has 1 fully saturated rings. The number of amidine groups is 1. The topological polar surface area (TPSA) is 114 Å². The Morgan fingerprint density at radius 2 is 1.72 bits per heavy atom. The predicted octanol–water partition coefficient (Wildman–Crippen LogP) is 2.51. The van der Waals surface area contributed by atoms with Crippen LogP contribution in [0, 0.1) is 11.3 Å². The molecule has 0 spiro atoms. The van der Waals surface area contributed by atoms with E-state index in [0.29, 0.717) is 24.3 Å². The Morgan fingerprint density at radius 1 is 1.14 bits per heavy atom. The molecule has 0 bridgehead atoms. The molecule has 0 saturated carbocycles. The molecule has 2 aromatic carbocycles. The third-order valence-corrected chi connectivity index (χ3v) is 4.76. The third kappa shape index (κ3) is 5.71. The van der Waals surface area contributed by atoms with Crippen LogP contribution >= 0.6 is 12.4 Å². The van der Waals surface area contributed by atoms with Crippen molar-refractivity contribution in [2.45, 2.75) is 18.9 Å². The van der Waals surface area contributed by atoms with Crippen LogP contribution in [0.2, 0.25) is 0 Å². The van der Waals surface area contributed by atoms with Crippen molar-refractivity contribution in [2.24, 2.45) is 11.7 Å². The van der Waals surface area contributed by atoms with Crippen molar-refractivity contribution in [1.29, 1.82) is 5.41 Å². The number of methoxy groups -OCH3 is 1. The van der Waals surface area contributed by atoms with E-state index in [9.17, 15) is 9.59 Å². The fourth-order valence-corrected chi connectivity index (χ4v) is 3.18. The van der Waals surface area contributed by atoms with E-state index in [0.717, 1.165) is 11.1 Å². The fraction of sp³-hybridized carbons (Fsp3) is 0.286. The Morgan fingerprint density at radius 3 is 2.28 bits per heavy atom. The van der Waals surface area contributed by atoms with Crippen LogP contribution in [0.25, 0.3) is 11.1 Å². The van der Waals surface area contributed by atoms with E-state index in [1.165, 1.54) is 7.11 Å². The first-order valence-electron chi connectivity index (χ1n) is 9.01. The highest BCUT2D eigenvalue weighted by Gasteiger charge is 2.34. The Labute approximate surface area is 175 Å². The summed E-state index contributed by atoms with van der Waals surface area (Å²) in [4.78, 5) is 23.3. The average Bonchev–Trinajstić information content (AvgIpc) is 3.06. The third-order valence-electron chi connectivity index (χ3n) is 4.76. The Hall–Kier alpha value is -3.06. The maximum atomic E-state index is 11.9. The molecule has 7 nitrogen and oxygen atoms in total. The van der Waals surface area contributed by atoms with E-state index in [1.807, 2.05) is 48.5 Å². The van der Waals surface area contributed by atoms with Crippen LogP contribution in [0.1, 0.15) is 18.4 Å². The number of hydrogen-bond acceptors (Lipinski definition) is 5. The second kappa shape index (κ2) is 9.93. The second-order valence-corrected chi connectivity index (χ2v) is 6.74. The smallest absolute Gasteiger partial charge is 0.306 e. The van der Waals surface area contributed by atoms with Crippen LogP contribution in [0.4, 0.5) is 0 Å². The number of nitrogens with one attached hydrogen (secondary N) is 2. The summed E-state index contributed by atoms with van der Waals surface area (Å²) in [5.41, 5.74) is 8.20. The molecule has 1 saturated heterocycles. The van der Waals surface area contributed by atoms with Gasteiger partial charge >= 0.3 is 5.97 Å². The van der Waals surface area contributed by atoms with Crippen molar-refractivity contribution in [1.82, 2.24) is 5.32 Å². The van der Waals surface area contributed by atoms with Crippen LogP contribution in [0.5, 0.6) is 5.75 Å². The molecule has 1 heterocycles. The van der Waals surface area contributed by atoms with Gasteiger partial charge in [-0.3, -0.25) is 15.0 Å². The number of hydrogen-bond donors (Lipinski definition) is 3. The summed E-state index contributed by atoms with van der Waals surface area (Å²) < 4.78 is 10.4. The van der Waals surface area contributed by atoms with E-state index in [4.69, 9.17) is 15.9 Å². The molecule has 0 unspecified atom stereocenters. The van der Waals surface area contributed by atoms with Crippen molar-refractivity contribution in [3.63, 3.8) is 0 Å². The Balaban J connectivity index is 0.00000300. The highest BCUT2D eigenvalue weighted by molar-refractivity contribution is 5.95. The summed E-state index contributed by atoms with van der Waals surface area (Å²) in [6, 6.07) is 15.0. The molecule has 29 heavy (non-hydrogen) atoms. The van der Waals surface area contributed by atoms with E-state index in [-0.39, 0.29) is 48.5 Å². The summed E-state index contributed by atoms with van der Waals surface area (Å²) in [5.74, 6) is -0.128. The van der Waals surface area contributed by atoms with Gasteiger partial charge in [0.1, 0.15) is 18.2 Å². The van der Waals surface area contributed by atoms with E-state index >= 15 is 0 Å². The largest absolute Gasteiger partial charge is 0.491 e. The predicted molar refractivity (Wildman–Crippen MR) is 112 cm³/mol. The molecule has 3 rings (SSSR count). The second-order valence-electron chi connectivity index (χ2n) is 6.74. The highest BCUT2D eigenvalue weighted by Crippen LogP contribution is 2.24. The van der Waals surface area contributed by atoms with Crippen LogP contribution in [0.15, 0.2) is 48.5 Å². The van der Waals surface area contributed by atoms with Gasteiger partial charge in [0.15, 0.2) is 0 Å². The molecule has 1 aliphatic heterocycles. The fourth-order valence-electron chi connectivity index (χ4n) is 3.18. The van der Waals surface area contributed by atoms with Gasteiger partial charge in [-0.2, -0.15) is 0 Å². The van der Waals surface area contributed by atoms with Gasteiger partial charge in [0, 0.05) is 5.56 Å². The monoisotopic (exact) mass is 417 g/mol. The van der Waals surface area contributed by atoms with Gasteiger partial charge in [-0.05, 0) is 29.7 Å². The average molecular weight is 418 g/mol. The molecule has 0 radical (unpaired) electrons. The number of ether oxygens (including phenoxy) is 2. The summed E-state index contributed by atoms with van der Waals surface area (Å²) in [6.45, 7) is 0.343. The lowest BCUT2D eigenvalue weighted by atomic mass is 10.0. The zero-order valence-electron chi connectivity index (χ0n) is 16.0. The molecule has 154 valence electrons. The molecule has 1 amide bonds. The van der Waals surface area contributed by atoms with Crippen LogP contribution in [-0.2, 0) is 14.3 Å². The number of nitrogen functional groups attached to an aromatic ring is 1. The van der Waals surface area contributed by atoms with Crippen molar-refractivity contribution < 1.29 is 19.1 Å². The number of carbonyl (C=O) groups is 2. The minimum absolute atomic E-state index is 0. The van der Waals surface area contributed by atoms with E-state index in [1.54, 1.807) is 0 Å². The number of benzene rings is 2. The molecule has 4 N–H and O–H groups in total. The van der Waals surface area contributed by atoms with Crippen molar-refractivity contribution in [3.8, 4) is 16.9 Å². The summed E-state index contributed by atoms with van der Waals surface area (Å²) in [6.07, 6.45) is 0.643. The molecule has 0 aliphatic carbocycles. The number of nitrogens with two attached hydrogens (primary N) is 1. The van der Waals surface area contributed by atoms with Crippen LogP contribution < -0.4 is 15.8 Å². The van der Waals surface area contributed by atoms with E-state index in [2.05, 4.69) is 10.1 Å². The summed E-state index contributed by atoms with van der Waals surface area (Å²) in [7, 11) is 1.32. The van der Waals surface area contributed by atoms with Crippen molar-refractivity contribution in [2.75, 3.05) is 13.7 Å². The maximum absolute atomic E-state index is 11.9. The summed E-state index contributed by atoms with van der Waals surface area (Å²) >= 11 is 0. The van der Waals surface area contributed by atoms with Gasteiger partial charge < -0.3 is 20.5 Å². The SMILES string of the molecule is COC(=O)C[C@@H]1C[C@H](COc2ccc(-c3ccc(C(=N)N)cc3)cc2)NC1=O.Cl. The first kappa shape index (κ1) is 22.2. The van der Waals surface area contributed by atoms with Gasteiger partial charge in [0.2, 0.25) is 5.91 Å². The number of esters is 1. The molecular weight excluding hydrogens is 394 g/mol. The molecule has 2 atom stereocenters. The normalized spacial score (nSPS) is 17.8. The Bertz CT molecular complexity index is 868. The molecule has 8 heteroatoms. The minimum Gasteiger partial charge on any atom is -0.491 e. The first-order chi connectivity index (χ1) is 13.5. The lowest BCUT2D eigenvalue weighted by molar-refractivity contribution is -0.143. The molecule has 0 aromatic heterocycles. The maximum Gasteiger partial charge on any atom is 0.306 e. The lowest BCUT2D eigenvalue weighted by Crippen LogP contribution is -2.31. The number of amides is 1. The quantitative estimate of drug-likeness (QED) is 0.364. The zero-order valence-corrected chi connectivity index (χ0v) is 16.8. The first-order valence-corrected chi connectivity index (χ1v) is 9.01. The van der Waals surface area contributed by atoms with Gasteiger partial charge in [-0.25, -0.2) is 0 Å². The van der Waals surface area contributed by atoms with Gasteiger partial charge in [-0.15, -0.1) is 12.4 Å². The van der Waals surface area contributed by atoms with E-state index < -0.39 is 0 Å². The van der Waals surface area contributed by atoms with Gasteiger partial charge in [-0.1, -0.05) is 36.4 Å². The van der Waals surface area contributed by atoms with Gasteiger partial charge in [0.05, 0.1) is 25.5 Å². The Kier molecular flexibility index (Phi) is 7.61. The van der Waals surface area contributed by atoms with Crippen molar-refractivity contribution in [3.05, 3.63) is 54.1 Å². The number of halogens is 1. The number of rotatable bonds is 7. The molecular formula is C21H24ClN3O4.